The van der Waals surface area contributed by atoms with Gasteiger partial charge in [-0.15, -0.1) is 12.4 Å². The van der Waals surface area contributed by atoms with E-state index in [1.807, 2.05) is 0 Å². The van der Waals surface area contributed by atoms with Crippen LogP contribution in [0.2, 0.25) is 5.02 Å². The van der Waals surface area contributed by atoms with Gasteiger partial charge < -0.3 is 15.7 Å². The van der Waals surface area contributed by atoms with Gasteiger partial charge in [0.2, 0.25) is 11.8 Å². The standard InChI is InChI=1S/C15H20ClN3O4.ClH/c1-10-11(16)4-3-5-12(10)18-13(20)8-17-14(21)9-19(2)7-6-15(22)23;/h3-5H,6-9H2,1-2H3,(H,17,21)(H,18,20)(H,22,23);1H. The van der Waals surface area contributed by atoms with Crippen molar-refractivity contribution in [2.45, 2.75) is 13.3 Å². The number of aliphatic carboxylic acids is 1. The van der Waals surface area contributed by atoms with Crippen LogP contribution in [0, 0.1) is 6.92 Å². The van der Waals surface area contributed by atoms with E-state index in [1.165, 1.54) is 0 Å². The van der Waals surface area contributed by atoms with Crippen LogP contribution in [0.5, 0.6) is 0 Å². The Morgan fingerprint density at radius 2 is 1.92 bits per heavy atom. The second-order valence-electron chi connectivity index (χ2n) is 5.12. The molecule has 0 fully saturated rings. The van der Waals surface area contributed by atoms with E-state index in [9.17, 15) is 14.4 Å². The summed E-state index contributed by atoms with van der Waals surface area (Å²) in [6, 6.07) is 5.17. The topological polar surface area (TPSA) is 98.7 Å². The SMILES string of the molecule is Cc1c(Cl)cccc1NC(=O)CNC(=O)CN(C)CCC(=O)O.Cl. The van der Waals surface area contributed by atoms with Gasteiger partial charge in [0.15, 0.2) is 0 Å². The summed E-state index contributed by atoms with van der Waals surface area (Å²) < 4.78 is 0. The Labute approximate surface area is 151 Å². The lowest BCUT2D eigenvalue weighted by Crippen LogP contribution is -2.39. The molecule has 0 heterocycles. The van der Waals surface area contributed by atoms with Crippen molar-refractivity contribution in [1.29, 1.82) is 0 Å². The maximum Gasteiger partial charge on any atom is 0.304 e. The molecule has 1 rings (SSSR count). The van der Waals surface area contributed by atoms with E-state index in [2.05, 4.69) is 10.6 Å². The van der Waals surface area contributed by atoms with Gasteiger partial charge in [0.25, 0.3) is 0 Å². The van der Waals surface area contributed by atoms with E-state index in [0.29, 0.717) is 10.7 Å². The van der Waals surface area contributed by atoms with Gasteiger partial charge in [-0.3, -0.25) is 19.3 Å². The summed E-state index contributed by atoms with van der Waals surface area (Å²) in [7, 11) is 1.64. The second kappa shape index (κ2) is 10.9. The normalized spacial score (nSPS) is 10.0. The molecule has 2 amide bonds. The Kier molecular flexibility index (Phi) is 10.0. The van der Waals surface area contributed by atoms with Gasteiger partial charge in [-0.1, -0.05) is 17.7 Å². The van der Waals surface area contributed by atoms with Crippen molar-refractivity contribution in [3.8, 4) is 0 Å². The summed E-state index contributed by atoms with van der Waals surface area (Å²) in [6.45, 7) is 1.90. The van der Waals surface area contributed by atoms with E-state index in [0.717, 1.165) is 5.56 Å². The van der Waals surface area contributed by atoms with Crippen molar-refractivity contribution < 1.29 is 19.5 Å². The van der Waals surface area contributed by atoms with Gasteiger partial charge >= 0.3 is 5.97 Å². The minimum atomic E-state index is -0.923. The fourth-order valence-corrected chi connectivity index (χ4v) is 1.96. The van der Waals surface area contributed by atoms with Crippen LogP contribution < -0.4 is 10.6 Å². The van der Waals surface area contributed by atoms with E-state index in [1.54, 1.807) is 37.1 Å². The van der Waals surface area contributed by atoms with Crippen LogP contribution in [0.25, 0.3) is 0 Å². The third-order valence-electron chi connectivity index (χ3n) is 3.11. The molecule has 0 atom stereocenters. The van der Waals surface area contributed by atoms with Crippen molar-refractivity contribution in [1.82, 2.24) is 10.2 Å². The first-order valence-corrected chi connectivity index (χ1v) is 7.39. The van der Waals surface area contributed by atoms with Crippen LogP contribution in [0.4, 0.5) is 5.69 Å². The zero-order valence-electron chi connectivity index (χ0n) is 13.5. The molecule has 0 aliphatic carbocycles. The molecule has 24 heavy (non-hydrogen) atoms. The van der Waals surface area contributed by atoms with Crippen molar-refractivity contribution in [3.05, 3.63) is 28.8 Å². The minimum absolute atomic E-state index is 0. The summed E-state index contributed by atoms with van der Waals surface area (Å²) in [4.78, 5) is 35.5. The molecular formula is C15H21Cl2N3O4. The Morgan fingerprint density at radius 1 is 1.25 bits per heavy atom. The molecule has 3 N–H and O–H groups in total. The van der Waals surface area contributed by atoms with Gasteiger partial charge in [0.1, 0.15) is 0 Å². The number of halogens is 2. The van der Waals surface area contributed by atoms with Crippen molar-refractivity contribution in [2.24, 2.45) is 0 Å². The molecule has 1 aromatic carbocycles. The number of carboxylic acids is 1. The molecule has 9 heteroatoms. The Bertz CT molecular complexity index is 596. The number of nitrogens with zero attached hydrogens (tertiary/aromatic N) is 1. The molecule has 0 saturated heterocycles. The number of likely N-dealkylation sites (N-methyl/N-ethyl adjacent to an activating group) is 1. The van der Waals surface area contributed by atoms with Gasteiger partial charge in [-0.05, 0) is 31.7 Å². The van der Waals surface area contributed by atoms with Crippen LogP contribution in [0.15, 0.2) is 18.2 Å². The first kappa shape index (κ1) is 22.2. The van der Waals surface area contributed by atoms with Gasteiger partial charge in [0.05, 0.1) is 19.5 Å². The molecule has 0 aliphatic heterocycles. The van der Waals surface area contributed by atoms with Gasteiger partial charge in [0, 0.05) is 17.3 Å². The molecule has 0 unspecified atom stereocenters. The Balaban J connectivity index is 0.00000529. The quantitative estimate of drug-likeness (QED) is 0.637. The third-order valence-corrected chi connectivity index (χ3v) is 3.52. The highest BCUT2D eigenvalue weighted by atomic mass is 35.5. The highest BCUT2D eigenvalue weighted by molar-refractivity contribution is 6.31. The van der Waals surface area contributed by atoms with Crippen LogP contribution >= 0.6 is 24.0 Å². The largest absolute Gasteiger partial charge is 0.481 e. The molecule has 0 saturated carbocycles. The lowest BCUT2D eigenvalue weighted by Gasteiger charge is -2.15. The first-order valence-electron chi connectivity index (χ1n) is 7.01. The van der Waals surface area contributed by atoms with Crippen LogP contribution in [-0.2, 0) is 14.4 Å². The number of carbonyl (C=O) groups is 3. The minimum Gasteiger partial charge on any atom is -0.481 e. The highest BCUT2D eigenvalue weighted by Gasteiger charge is 2.11. The molecule has 1 aromatic rings. The third kappa shape index (κ3) is 8.14. The number of anilines is 1. The molecular weight excluding hydrogens is 357 g/mol. The zero-order chi connectivity index (χ0) is 17.4. The molecule has 0 radical (unpaired) electrons. The van der Waals surface area contributed by atoms with Gasteiger partial charge in [-0.25, -0.2) is 0 Å². The lowest BCUT2D eigenvalue weighted by molar-refractivity contribution is -0.137. The maximum absolute atomic E-state index is 11.8. The van der Waals surface area contributed by atoms with Crippen LogP contribution in [0.1, 0.15) is 12.0 Å². The monoisotopic (exact) mass is 377 g/mol. The number of benzene rings is 1. The van der Waals surface area contributed by atoms with Crippen LogP contribution in [0.3, 0.4) is 0 Å². The van der Waals surface area contributed by atoms with E-state index < -0.39 is 5.97 Å². The highest BCUT2D eigenvalue weighted by Crippen LogP contribution is 2.22. The lowest BCUT2D eigenvalue weighted by atomic mass is 10.2. The number of hydrogen-bond acceptors (Lipinski definition) is 4. The average molecular weight is 378 g/mol. The van der Waals surface area contributed by atoms with E-state index >= 15 is 0 Å². The summed E-state index contributed by atoms with van der Waals surface area (Å²) in [5.41, 5.74) is 1.34. The maximum atomic E-state index is 11.8. The number of hydrogen-bond donors (Lipinski definition) is 3. The number of carboxylic acid groups (broad SMARTS) is 1. The van der Waals surface area contributed by atoms with Crippen LogP contribution in [-0.4, -0.2) is 54.5 Å². The predicted octanol–water partition coefficient (Wildman–Crippen LogP) is 1.53. The van der Waals surface area contributed by atoms with Crippen molar-refractivity contribution >= 4 is 47.5 Å². The number of rotatable bonds is 8. The molecule has 0 bridgehead atoms. The summed E-state index contributed by atoms with van der Waals surface area (Å²) in [5, 5.41) is 14.3. The smallest absolute Gasteiger partial charge is 0.304 e. The van der Waals surface area contributed by atoms with Crippen molar-refractivity contribution in [3.63, 3.8) is 0 Å². The number of nitrogens with one attached hydrogen (secondary N) is 2. The molecule has 7 nitrogen and oxygen atoms in total. The number of carbonyl (C=O) groups excluding carboxylic acids is 2. The molecule has 134 valence electrons. The Morgan fingerprint density at radius 3 is 2.54 bits per heavy atom. The average Bonchev–Trinajstić information content (AvgIpc) is 2.48. The first-order chi connectivity index (χ1) is 10.8. The zero-order valence-corrected chi connectivity index (χ0v) is 15.0. The summed E-state index contributed by atoms with van der Waals surface area (Å²) >= 11 is 5.97. The fourth-order valence-electron chi connectivity index (χ4n) is 1.78. The predicted molar refractivity (Wildman–Crippen MR) is 94.8 cm³/mol. The summed E-state index contributed by atoms with van der Waals surface area (Å²) in [5.74, 6) is -1.64. The van der Waals surface area contributed by atoms with Gasteiger partial charge in [-0.2, -0.15) is 0 Å². The fraction of sp³-hybridized carbons (Fsp3) is 0.400. The molecule has 0 aromatic heterocycles. The summed E-state index contributed by atoms with van der Waals surface area (Å²) in [6.07, 6.45) is -0.0433. The molecule has 0 aliphatic rings. The Hall–Kier alpha value is -1.83. The second-order valence-corrected chi connectivity index (χ2v) is 5.53. The van der Waals surface area contributed by atoms with E-state index in [4.69, 9.17) is 16.7 Å². The molecule has 0 spiro atoms. The number of amides is 2. The van der Waals surface area contributed by atoms with E-state index in [-0.39, 0.29) is 50.3 Å². The van der Waals surface area contributed by atoms with Crippen molar-refractivity contribution in [2.75, 3.05) is 32.0 Å².